The van der Waals surface area contributed by atoms with Crippen molar-refractivity contribution in [2.24, 2.45) is 5.92 Å². The maximum absolute atomic E-state index is 12.7. The molecule has 1 aliphatic carbocycles. The Hall–Kier alpha value is -3.15. The van der Waals surface area contributed by atoms with Crippen molar-refractivity contribution in [1.29, 1.82) is 0 Å². The van der Waals surface area contributed by atoms with E-state index < -0.39 is 0 Å². The van der Waals surface area contributed by atoms with E-state index >= 15 is 0 Å². The topological polar surface area (TPSA) is 78.5 Å². The van der Waals surface area contributed by atoms with Crippen molar-refractivity contribution in [2.75, 3.05) is 18.4 Å². The van der Waals surface area contributed by atoms with Crippen LogP contribution in [0.15, 0.2) is 48.5 Å². The highest BCUT2D eigenvalue weighted by molar-refractivity contribution is 5.98. The zero-order chi connectivity index (χ0) is 20.9. The van der Waals surface area contributed by atoms with Gasteiger partial charge in [-0.1, -0.05) is 18.2 Å². The summed E-state index contributed by atoms with van der Waals surface area (Å²) in [6.45, 7) is 1.96. The van der Waals surface area contributed by atoms with E-state index in [1.165, 1.54) is 6.42 Å². The van der Waals surface area contributed by atoms with E-state index in [2.05, 4.69) is 10.6 Å². The fourth-order valence-electron chi connectivity index (χ4n) is 3.71. The van der Waals surface area contributed by atoms with E-state index in [1.807, 2.05) is 29.2 Å². The van der Waals surface area contributed by atoms with Crippen molar-refractivity contribution >= 4 is 23.4 Å². The summed E-state index contributed by atoms with van der Waals surface area (Å²) in [5.41, 5.74) is 2.66. The minimum absolute atomic E-state index is 0.0164. The van der Waals surface area contributed by atoms with Crippen LogP contribution < -0.4 is 10.6 Å². The van der Waals surface area contributed by atoms with E-state index in [-0.39, 0.29) is 23.6 Å². The van der Waals surface area contributed by atoms with E-state index in [0.717, 1.165) is 44.3 Å². The van der Waals surface area contributed by atoms with Gasteiger partial charge in [-0.15, -0.1) is 0 Å². The van der Waals surface area contributed by atoms with E-state index in [4.69, 9.17) is 0 Å². The van der Waals surface area contributed by atoms with Gasteiger partial charge in [-0.25, -0.2) is 0 Å². The summed E-state index contributed by atoms with van der Waals surface area (Å²) >= 11 is 0. The quantitative estimate of drug-likeness (QED) is 0.771. The van der Waals surface area contributed by atoms with Crippen LogP contribution >= 0.6 is 0 Å². The van der Waals surface area contributed by atoms with Gasteiger partial charge in [0.1, 0.15) is 0 Å². The first kappa shape index (κ1) is 20.1. The number of anilines is 1. The average Bonchev–Trinajstić information content (AvgIpc) is 3.63. The van der Waals surface area contributed by atoms with E-state index in [9.17, 15) is 14.4 Å². The molecule has 2 aliphatic rings. The Labute approximate surface area is 176 Å². The average molecular weight is 405 g/mol. The van der Waals surface area contributed by atoms with Crippen molar-refractivity contribution in [2.45, 2.75) is 38.6 Å². The lowest BCUT2D eigenvalue weighted by Gasteiger charge is -2.26. The second-order valence-electron chi connectivity index (χ2n) is 8.08. The molecule has 1 heterocycles. The van der Waals surface area contributed by atoms with Crippen LogP contribution in [0.2, 0.25) is 0 Å². The summed E-state index contributed by atoms with van der Waals surface area (Å²) in [6.07, 6.45) is 5.17. The third-order valence-electron chi connectivity index (χ3n) is 5.61. The SMILES string of the molecule is O=C(NCc1cccc(C(=O)N2CCCCC2)c1)c1cccc(NC(=O)C2CC2)c1. The van der Waals surface area contributed by atoms with Crippen molar-refractivity contribution in [1.82, 2.24) is 10.2 Å². The lowest BCUT2D eigenvalue weighted by atomic mass is 10.1. The number of rotatable bonds is 6. The number of carbonyl (C=O) groups is 3. The predicted octanol–water partition coefficient (Wildman–Crippen LogP) is 3.59. The van der Waals surface area contributed by atoms with Crippen LogP contribution in [-0.4, -0.2) is 35.7 Å². The summed E-state index contributed by atoms with van der Waals surface area (Å²) in [7, 11) is 0. The number of carbonyl (C=O) groups excluding carboxylic acids is 3. The van der Waals surface area contributed by atoms with Crippen LogP contribution in [0.3, 0.4) is 0 Å². The van der Waals surface area contributed by atoms with Gasteiger partial charge < -0.3 is 15.5 Å². The largest absolute Gasteiger partial charge is 0.348 e. The first-order valence-corrected chi connectivity index (χ1v) is 10.7. The van der Waals surface area contributed by atoms with Gasteiger partial charge in [0.15, 0.2) is 0 Å². The van der Waals surface area contributed by atoms with Crippen LogP contribution in [0.4, 0.5) is 5.69 Å². The van der Waals surface area contributed by atoms with E-state index in [0.29, 0.717) is 23.4 Å². The summed E-state index contributed by atoms with van der Waals surface area (Å²) in [4.78, 5) is 39.1. The van der Waals surface area contributed by atoms with Gasteiger partial charge in [0.25, 0.3) is 11.8 Å². The zero-order valence-electron chi connectivity index (χ0n) is 17.0. The molecule has 0 radical (unpaired) electrons. The predicted molar refractivity (Wildman–Crippen MR) is 115 cm³/mol. The fourth-order valence-corrected chi connectivity index (χ4v) is 3.71. The highest BCUT2D eigenvalue weighted by atomic mass is 16.2. The van der Waals surface area contributed by atoms with Crippen LogP contribution in [0.1, 0.15) is 58.4 Å². The monoisotopic (exact) mass is 405 g/mol. The molecule has 1 saturated carbocycles. The maximum atomic E-state index is 12.7. The molecule has 0 spiro atoms. The Morgan fingerprint density at radius 1 is 0.900 bits per heavy atom. The molecule has 1 aliphatic heterocycles. The molecule has 2 fully saturated rings. The van der Waals surface area contributed by atoms with Crippen LogP contribution in [0.25, 0.3) is 0 Å². The molecule has 0 aromatic heterocycles. The van der Waals surface area contributed by atoms with Crippen molar-refractivity contribution in [3.8, 4) is 0 Å². The van der Waals surface area contributed by atoms with Gasteiger partial charge in [-0.3, -0.25) is 14.4 Å². The second kappa shape index (κ2) is 9.11. The van der Waals surface area contributed by atoms with E-state index in [1.54, 1.807) is 24.3 Å². The Balaban J connectivity index is 1.35. The van der Waals surface area contributed by atoms with Gasteiger partial charge in [-0.05, 0) is 68.0 Å². The Kier molecular flexibility index (Phi) is 6.12. The number of benzene rings is 2. The minimum Gasteiger partial charge on any atom is -0.348 e. The molecule has 6 heteroatoms. The van der Waals surface area contributed by atoms with Gasteiger partial charge in [-0.2, -0.15) is 0 Å². The molecule has 156 valence electrons. The smallest absolute Gasteiger partial charge is 0.253 e. The molecular formula is C24H27N3O3. The number of hydrogen-bond acceptors (Lipinski definition) is 3. The van der Waals surface area contributed by atoms with Gasteiger partial charge in [0.05, 0.1) is 0 Å². The molecule has 2 N–H and O–H groups in total. The molecule has 2 aromatic carbocycles. The highest BCUT2D eigenvalue weighted by Crippen LogP contribution is 2.30. The summed E-state index contributed by atoms with van der Waals surface area (Å²) in [5.74, 6) is -0.0302. The number of likely N-dealkylation sites (tertiary alicyclic amines) is 1. The lowest BCUT2D eigenvalue weighted by Crippen LogP contribution is -2.35. The van der Waals surface area contributed by atoms with Crippen molar-refractivity contribution in [3.05, 3.63) is 65.2 Å². The third kappa shape index (κ3) is 5.06. The molecule has 30 heavy (non-hydrogen) atoms. The number of nitrogens with zero attached hydrogens (tertiary/aromatic N) is 1. The molecule has 4 rings (SSSR count). The zero-order valence-corrected chi connectivity index (χ0v) is 17.0. The van der Waals surface area contributed by atoms with Gasteiger partial charge in [0.2, 0.25) is 5.91 Å². The molecule has 3 amide bonds. The molecule has 2 aromatic rings. The van der Waals surface area contributed by atoms with Crippen molar-refractivity contribution in [3.63, 3.8) is 0 Å². The Morgan fingerprint density at radius 2 is 1.63 bits per heavy atom. The second-order valence-corrected chi connectivity index (χ2v) is 8.08. The molecular weight excluding hydrogens is 378 g/mol. The summed E-state index contributed by atoms with van der Waals surface area (Å²) < 4.78 is 0. The normalized spacial score (nSPS) is 16.1. The standard InChI is InChI=1S/C24H27N3O3/c28-22(19-7-5-9-21(15-19)26-23(29)18-10-11-18)25-16-17-6-4-8-20(14-17)24(30)27-12-2-1-3-13-27/h4-9,14-15,18H,1-3,10-13,16H2,(H,25,28)(H,26,29). The van der Waals surface area contributed by atoms with Gasteiger partial charge in [0, 0.05) is 42.4 Å². The number of nitrogens with one attached hydrogen (secondary N) is 2. The number of amides is 3. The first-order chi connectivity index (χ1) is 14.6. The Bertz CT molecular complexity index is 946. The van der Waals surface area contributed by atoms with Crippen LogP contribution in [0.5, 0.6) is 0 Å². The molecule has 6 nitrogen and oxygen atoms in total. The molecule has 0 bridgehead atoms. The molecule has 0 unspecified atom stereocenters. The maximum Gasteiger partial charge on any atom is 0.253 e. The Morgan fingerprint density at radius 3 is 2.40 bits per heavy atom. The summed E-state index contributed by atoms with van der Waals surface area (Å²) in [6, 6.07) is 14.4. The van der Waals surface area contributed by atoms with Crippen LogP contribution in [0, 0.1) is 5.92 Å². The fraction of sp³-hybridized carbons (Fsp3) is 0.375. The summed E-state index contributed by atoms with van der Waals surface area (Å²) in [5, 5.41) is 5.76. The van der Waals surface area contributed by atoms with Crippen molar-refractivity contribution < 1.29 is 14.4 Å². The van der Waals surface area contributed by atoms with Crippen LogP contribution in [-0.2, 0) is 11.3 Å². The third-order valence-corrected chi connectivity index (χ3v) is 5.61. The first-order valence-electron chi connectivity index (χ1n) is 10.7. The highest BCUT2D eigenvalue weighted by Gasteiger charge is 2.29. The molecule has 1 saturated heterocycles. The minimum atomic E-state index is -0.217. The molecule has 0 atom stereocenters. The lowest BCUT2D eigenvalue weighted by molar-refractivity contribution is -0.117. The number of piperidine rings is 1. The number of hydrogen-bond donors (Lipinski definition) is 2. The van der Waals surface area contributed by atoms with Gasteiger partial charge >= 0.3 is 0 Å².